The Balaban J connectivity index is 2.22. The Bertz CT molecular complexity index is 383. The Morgan fingerprint density at radius 1 is 1.59 bits per heavy atom. The van der Waals surface area contributed by atoms with Gasteiger partial charge in [-0.05, 0) is 24.8 Å². The average molecular weight is 254 g/mol. The number of aromatic nitrogens is 1. The third-order valence-corrected chi connectivity index (χ3v) is 4.27. The van der Waals surface area contributed by atoms with Gasteiger partial charge in [0, 0.05) is 18.9 Å². The number of nitrogens with zero attached hydrogens (tertiary/aromatic N) is 1. The first-order valence-electron chi connectivity index (χ1n) is 6.26. The lowest BCUT2D eigenvalue weighted by molar-refractivity contribution is 0.235. The number of rotatable bonds is 3. The molecule has 17 heavy (non-hydrogen) atoms. The molecule has 0 bridgehead atoms. The Morgan fingerprint density at radius 3 is 3.06 bits per heavy atom. The molecular weight excluding hydrogens is 234 g/mol. The van der Waals surface area contributed by atoms with Gasteiger partial charge in [-0.3, -0.25) is 4.98 Å². The highest BCUT2D eigenvalue weighted by Crippen LogP contribution is 2.37. The summed E-state index contributed by atoms with van der Waals surface area (Å²) in [6.45, 7) is 2.92. The van der Waals surface area contributed by atoms with Crippen LogP contribution in [0.2, 0.25) is 5.02 Å². The normalized spacial score (nSPS) is 29.0. The van der Waals surface area contributed by atoms with Crippen LogP contribution in [0.1, 0.15) is 32.6 Å². The fourth-order valence-electron chi connectivity index (χ4n) is 2.70. The minimum Gasteiger partial charge on any atom is -0.377 e. The highest BCUT2D eigenvalue weighted by molar-refractivity contribution is 6.33. The highest BCUT2D eigenvalue weighted by atomic mass is 35.5. The van der Waals surface area contributed by atoms with Crippen molar-refractivity contribution >= 4 is 17.3 Å². The molecule has 3 N–H and O–H groups in total. The average Bonchev–Trinajstić information content (AvgIpc) is 2.35. The van der Waals surface area contributed by atoms with Gasteiger partial charge in [0.15, 0.2) is 0 Å². The quantitative estimate of drug-likeness (QED) is 0.871. The molecule has 0 radical (unpaired) electrons. The molecule has 0 aromatic carbocycles. The van der Waals surface area contributed by atoms with Gasteiger partial charge in [-0.25, -0.2) is 0 Å². The Hall–Kier alpha value is -0.800. The van der Waals surface area contributed by atoms with Crippen LogP contribution < -0.4 is 11.1 Å². The molecule has 0 spiro atoms. The van der Waals surface area contributed by atoms with Crippen LogP contribution in [0.25, 0.3) is 0 Å². The van der Waals surface area contributed by atoms with E-state index in [-0.39, 0.29) is 5.54 Å². The van der Waals surface area contributed by atoms with Gasteiger partial charge in [0.25, 0.3) is 0 Å². The minimum atomic E-state index is -0.0107. The van der Waals surface area contributed by atoms with Crippen LogP contribution in [-0.4, -0.2) is 17.1 Å². The lowest BCUT2D eigenvalue weighted by Crippen LogP contribution is -2.52. The summed E-state index contributed by atoms with van der Waals surface area (Å²) in [4.78, 5) is 4.00. The summed E-state index contributed by atoms with van der Waals surface area (Å²) in [6, 6.07) is 1.92. The number of nitrogens with one attached hydrogen (secondary N) is 1. The predicted molar refractivity (Wildman–Crippen MR) is 72.3 cm³/mol. The van der Waals surface area contributed by atoms with Gasteiger partial charge in [0.2, 0.25) is 0 Å². The molecular formula is C13H20ClN3. The summed E-state index contributed by atoms with van der Waals surface area (Å²) in [5.74, 6) is 0.575. The molecule has 1 aromatic rings. The molecule has 1 fully saturated rings. The van der Waals surface area contributed by atoms with E-state index < -0.39 is 0 Å². The monoisotopic (exact) mass is 253 g/mol. The Morgan fingerprint density at radius 2 is 2.41 bits per heavy atom. The van der Waals surface area contributed by atoms with Crippen LogP contribution >= 0.6 is 11.6 Å². The van der Waals surface area contributed by atoms with Crippen LogP contribution in [0.3, 0.4) is 0 Å². The zero-order chi connectivity index (χ0) is 12.3. The van der Waals surface area contributed by atoms with Gasteiger partial charge < -0.3 is 11.1 Å². The number of halogens is 1. The largest absolute Gasteiger partial charge is 0.377 e. The van der Waals surface area contributed by atoms with E-state index in [2.05, 4.69) is 17.2 Å². The van der Waals surface area contributed by atoms with Crippen LogP contribution in [0, 0.1) is 5.92 Å². The number of hydrogen-bond acceptors (Lipinski definition) is 3. The van der Waals surface area contributed by atoms with E-state index in [1.807, 2.05) is 6.07 Å². The summed E-state index contributed by atoms with van der Waals surface area (Å²) in [7, 11) is 0. The van der Waals surface area contributed by atoms with Crippen molar-refractivity contribution in [2.45, 2.75) is 38.1 Å². The summed E-state index contributed by atoms with van der Waals surface area (Å²) in [6.07, 6.45) is 8.30. The second-order valence-electron chi connectivity index (χ2n) is 4.99. The number of nitrogens with two attached hydrogens (primary N) is 1. The smallest absolute Gasteiger partial charge is 0.0820 e. The lowest BCUT2D eigenvalue weighted by atomic mass is 9.73. The van der Waals surface area contributed by atoms with Gasteiger partial charge in [0.1, 0.15) is 0 Å². The van der Waals surface area contributed by atoms with Crippen molar-refractivity contribution in [1.82, 2.24) is 4.98 Å². The molecule has 1 aliphatic carbocycles. The molecule has 0 amide bonds. The summed E-state index contributed by atoms with van der Waals surface area (Å²) in [5, 5.41) is 4.23. The first-order valence-corrected chi connectivity index (χ1v) is 6.63. The first-order chi connectivity index (χ1) is 8.18. The molecule has 2 atom stereocenters. The predicted octanol–water partition coefficient (Wildman–Crippen LogP) is 3.05. The number of hydrogen-bond donors (Lipinski definition) is 2. The van der Waals surface area contributed by atoms with Crippen molar-refractivity contribution in [2.75, 3.05) is 11.9 Å². The maximum atomic E-state index is 6.14. The summed E-state index contributed by atoms with van der Waals surface area (Å²) < 4.78 is 0. The van der Waals surface area contributed by atoms with Gasteiger partial charge in [0.05, 0.1) is 16.2 Å². The zero-order valence-electron chi connectivity index (χ0n) is 10.2. The van der Waals surface area contributed by atoms with Crippen molar-refractivity contribution in [3.63, 3.8) is 0 Å². The maximum Gasteiger partial charge on any atom is 0.0820 e. The molecule has 1 heterocycles. The summed E-state index contributed by atoms with van der Waals surface area (Å²) >= 11 is 6.14. The second kappa shape index (κ2) is 5.23. The molecule has 3 nitrogen and oxygen atoms in total. The molecule has 2 rings (SSSR count). The number of pyridine rings is 1. The van der Waals surface area contributed by atoms with E-state index in [4.69, 9.17) is 17.3 Å². The maximum absolute atomic E-state index is 6.14. The standard InChI is InChI=1S/C13H20ClN3/c1-10-4-2-3-6-13(10,9-15)17-12-5-7-16-8-11(12)14/h5,7-8,10H,2-4,6,9,15H2,1H3,(H,16,17). The second-order valence-corrected chi connectivity index (χ2v) is 5.39. The molecule has 0 saturated heterocycles. The van der Waals surface area contributed by atoms with Crippen molar-refractivity contribution in [3.8, 4) is 0 Å². The van der Waals surface area contributed by atoms with Crippen molar-refractivity contribution in [3.05, 3.63) is 23.5 Å². The van der Waals surface area contributed by atoms with E-state index in [1.54, 1.807) is 12.4 Å². The van der Waals surface area contributed by atoms with E-state index in [0.29, 0.717) is 17.5 Å². The minimum absolute atomic E-state index is 0.0107. The van der Waals surface area contributed by atoms with Gasteiger partial charge in [-0.15, -0.1) is 0 Å². The van der Waals surface area contributed by atoms with Crippen LogP contribution in [0.4, 0.5) is 5.69 Å². The van der Waals surface area contributed by atoms with E-state index in [1.165, 1.54) is 19.3 Å². The summed E-state index contributed by atoms with van der Waals surface area (Å²) in [5.41, 5.74) is 6.94. The fraction of sp³-hybridized carbons (Fsp3) is 0.615. The van der Waals surface area contributed by atoms with E-state index >= 15 is 0 Å². The molecule has 1 saturated carbocycles. The van der Waals surface area contributed by atoms with Gasteiger partial charge in [-0.1, -0.05) is 31.4 Å². The lowest BCUT2D eigenvalue weighted by Gasteiger charge is -2.43. The molecule has 94 valence electrons. The van der Waals surface area contributed by atoms with E-state index in [0.717, 1.165) is 12.1 Å². The van der Waals surface area contributed by atoms with Crippen molar-refractivity contribution < 1.29 is 0 Å². The third-order valence-electron chi connectivity index (χ3n) is 3.97. The third kappa shape index (κ3) is 2.55. The molecule has 2 unspecified atom stereocenters. The highest BCUT2D eigenvalue weighted by Gasteiger charge is 2.37. The number of anilines is 1. The molecule has 1 aliphatic rings. The van der Waals surface area contributed by atoms with Gasteiger partial charge in [-0.2, -0.15) is 0 Å². The van der Waals surface area contributed by atoms with Gasteiger partial charge >= 0.3 is 0 Å². The van der Waals surface area contributed by atoms with Crippen LogP contribution in [0.5, 0.6) is 0 Å². The molecule has 0 aliphatic heterocycles. The first kappa shape index (κ1) is 12.7. The molecule has 4 heteroatoms. The Labute approximate surface area is 108 Å². The Kier molecular flexibility index (Phi) is 3.89. The topological polar surface area (TPSA) is 50.9 Å². The van der Waals surface area contributed by atoms with E-state index in [9.17, 15) is 0 Å². The van der Waals surface area contributed by atoms with Crippen LogP contribution in [0.15, 0.2) is 18.5 Å². The SMILES string of the molecule is CC1CCCCC1(CN)Nc1ccncc1Cl. The molecule has 1 aromatic heterocycles. The van der Waals surface area contributed by atoms with Crippen molar-refractivity contribution in [1.29, 1.82) is 0 Å². The van der Waals surface area contributed by atoms with Crippen molar-refractivity contribution in [2.24, 2.45) is 11.7 Å². The fourth-order valence-corrected chi connectivity index (χ4v) is 2.86. The van der Waals surface area contributed by atoms with Crippen LogP contribution in [-0.2, 0) is 0 Å². The zero-order valence-corrected chi connectivity index (χ0v) is 11.0.